The molecule has 0 aliphatic carbocycles. The molecule has 4 nitrogen and oxygen atoms in total. The van der Waals surface area contributed by atoms with E-state index in [1.54, 1.807) is 6.07 Å². The monoisotopic (exact) mass is 275 g/mol. The van der Waals surface area contributed by atoms with E-state index in [0.29, 0.717) is 5.92 Å². The van der Waals surface area contributed by atoms with Crippen molar-refractivity contribution in [3.8, 4) is 0 Å². The van der Waals surface area contributed by atoms with Gasteiger partial charge in [-0.2, -0.15) is 0 Å². The van der Waals surface area contributed by atoms with E-state index in [2.05, 4.69) is 29.4 Å². The lowest BCUT2D eigenvalue weighted by Crippen LogP contribution is -2.15. The summed E-state index contributed by atoms with van der Waals surface area (Å²) in [6, 6.07) is 10.8. The number of carbonyl (C=O) groups is 1. The quantitative estimate of drug-likeness (QED) is 0.933. The van der Waals surface area contributed by atoms with Gasteiger partial charge in [0.15, 0.2) is 10.8 Å². The normalized spacial score (nSPS) is 10.5. The van der Waals surface area contributed by atoms with Crippen molar-refractivity contribution in [3.63, 3.8) is 0 Å². The maximum atomic E-state index is 12.0. The Bertz CT molecular complexity index is 581. The maximum Gasteiger partial charge on any atom is 0.276 e. The van der Waals surface area contributed by atoms with Crippen LogP contribution >= 0.6 is 11.6 Å². The van der Waals surface area contributed by atoms with Gasteiger partial charge in [-0.3, -0.25) is 4.79 Å². The number of aromatic nitrogens is 2. The first-order valence-electron chi connectivity index (χ1n) is 5.97. The van der Waals surface area contributed by atoms with Crippen molar-refractivity contribution in [1.82, 2.24) is 10.2 Å². The zero-order valence-electron chi connectivity index (χ0n) is 10.7. The highest BCUT2D eigenvalue weighted by Crippen LogP contribution is 2.23. The summed E-state index contributed by atoms with van der Waals surface area (Å²) in [6.45, 7) is 4.15. The predicted molar refractivity (Wildman–Crippen MR) is 75.5 cm³/mol. The maximum absolute atomic E-state index is 12.0. The van der Waals surface area contributed by atoms with E-state index in [4.69, 9.17) is 11.6 Å². The summed E-state index contributed by atoms with van der Waals surface area (Å²) in [4.78, 5) is 12.0. The van der Waals surface area contributed by atoms with Crippen LogP contribution in [-0.4, -0.2) is 16.1 Å². The van der Waals surface area contributed by atoms with Crippen molar-refractivity contribution in [2.75, 3.05) is 5.32 Å². The van der Waals surface area contributed by atoms with E-state index in [9.17, 15) is 4.79 Å². The van der Waals surface area contributed by atoms with Gasteiger partial charge in [0.2, 0.25) is 0 Å². The molecule has 0 saturated carbocycles. The fourth-order valence-electron chi connectivity index (χ4n) is 1.74. The van der Waals surface area contributed by atoms with E-state index < -0.39 is 0 Å². The number of anilines is 1. The third kappa shape index (κ3) is 3.29. The van der Waals surface area contributed by atoms with Gasteiger partial charge in [-0.1, -0.05) is 43.6 Å². The number of hydrogen-bond acceptors (Lipinski definition) is 3. The number of benzene rings is 1. The minimum atomic E-state index is -0.294. The Morgan fingerprint density at radius 3 is 2.53 bits per heavy atom. The van der Waals surface area contributed by atoms with Crippen LogP contribution in [0.5, 0.6) is 0 Å². The standard InChI is InChI=1S/C14H14ClN3O/c1-9(2)10-5-3-4-6-11(10)16-14(19)12-7-8-13(15)18-17-12/h3-9H,1-2H3,(H,16,19). The molecule has 0 aliphatic heterocycles. The van der Waals surface area contributed by atoms with Crippen LogP contribution in [0.2, 0.25) is 5.15 Å². The summed E-state index contributed by atoms with van der Waals surface area (Å²) in [5, 5.41) is 10.5. The van der Waals surface area contributed by atoms with Crippen LogP contribution in [-0.2, 0) is 0 Å². The number of amides is 1. The van der Waals surface area contributed by atoms with Gasteiger partial charge in [-0.15, -0.1) is 10.2 Å². The van der Waals surface area contributed by atoms with Crippen LogP contribution in [0, 0.1) is 0 Å². The molecular weight excluding hydrogens is 262 g/mol. The van der Waals surface area contributed by atoms with Gasteiger partial charge in [0, 0.05) is 5.69 Å². The van der Waals surface area contributed by atoms with Gasteiger partial charge >= 0.3 is 0 Å². The summed E-state index contributed by atoms with van der Waals surface area (Å²) in [5.74, 6) is 0.0325. The molecule has 0 atom stereocenters. The molecule has 0 unspecified atom stereocenters. The molecule has 1 heterocycles. The summed E-state index contributed by atoms with van der Waals surface area (Å²) in [7, 11) is 0. The van der Waals surface area contributed by atoms with E-state index >= 15 is 0 Å². The fourth-order valence-corrected chi connectivity index (χ4v) is 1.84. The van der Waals surface area contributed by atoms with Gasteiger partial charge in [0.1, 0.15) is 0 Å². The first-order chi connectivity index (χ1) is 9.08. The summed E-state index contributed by atoms with van der Waals surface area (Å²) < 4.78 is 0. The van der Waals surface area contributed by atoms with Gasteiger partial charge in [0.25, 0.3) is 5.91 Å². The van der Waals surface area contributed by atoms with E-state index in [1.165, 1.54) is 6.07 Å². The first kappa shape index (κ1) is 13.5. The second-order valence-electron chi connectivity index (χ2n) is 4.44. The lowest BCUT2D eigenvalue weighted by atomic mass is 10.0. The predicted octanol–water partition coefficient (Wildman–Crippen LogP) is 3.51. The SMILES string of the molecule is CC(C)c1ccccc1NC(=O)c1ccc(Cl)nn1. The lowest BCUT2D eigenvalue weighted by molar-refractivity contribution is 0.102. The van der Waals surface area contributed by atoms with Crippen molar-refractivity contribution >= 4 is 23.2 Å². The molecule has 0 saturated heterocycles. The Morgan fingerprint density at radius 1 is 1.16 bits per heavy atom. The van der Waals surface area contributed by atoms with Crippen LogP contribution in [0.1, 0.15) is 35.8 Å². The largest absolute Gasteiger partial charge is 0.320 e. The second-order valence-corrected chi connectivity index (χ2v) is 4.82. The number of para-hydroxylation sites is 1. The Kier molecular flexibility index (Phi) is 4.12. The molecule has 1 N–H and O–H groups in total. The van der Waals surface area contributed by atoms with E-state index in [1.807, 2.05) is 24.3 Å². The van der Waals surface area contributed by atoms with E-state index in [0.717, 1.165) is 11.3 Å². The second kappa shape index (κ2) is 5.80. The van der Waals surface area contributed by atoms with Crippen LogP contribution in [0.4, 0.5) is 5.69 Å². The zero-order valence-corrected chi connectivity index (χ0v) is 11.5. The Morgan fingerprint density at radius 2 is 1.89 bits per heavy atom. The van der Waals surface area contributed by atoms with E-state index in [-0.39, 0.29) is 16.8 Å². The van der Waals surface area contributed by atoms with Crippen molar-refractivity contribution in [3.05, 3.63) is 52.8 Å². The molecule has 1 amide bonds. The third-order valence-electron chi connectivity index (χ3n) is 2.70. The zero-order chi connectivity index (χ0) is 13.8. The summed E-state index contributed by atoms with van der Waals surface area (Å²) in [5.41, 5.74) is 2.11. The average Bonchev–Trinajstić information content (AvgIpc) is 2.39. The van der Waals surface area contributed by atoms with Gasteiger partial charge in [-0.05, 0) is 29.7 Å². The number of rotatable bonds is 3. The topological polar surface area (TPSA) is 54.9 Å². The van der Waals surface area contributed by atoms with Crippen LogP contribution < -0.4 is 5.32 Å². The minimum Gasteiger partial charge on any atom is -0.320 e. The molecule has 0 bridgehead atoms. The molecule has 0 radical (unpaired) electrons. The molecule has 19 heavy (non-hydrogen) atoms. The number of nitrogens with zero attached hydrogens (tertiary/aromatic N) is 2. The summed E-state index contributed by atoms with van der Waals surface area (Å²) in [6.07, 6.45) is 0. The smallest absolute Gasteiger partial charge is 0.276 e. The van der Waals surface area contributed by atoms with Crippen molar-refractivity contribution < 1.29 is 4.79 Å². The molecule has 98 valence electrons. The van der Waals surface area contributed by atoms with Gasteiger partial charge in [0.05, 0.1) is 0 Å². The van der Waals surface area contributed by atoms with Crippen LogP contribution in [0.25, 0.3) is 0 Å². The first-order valence-corrected chi connectivity index (χ1v) is 6.35. The van der Waals surface area contributed by atoms with Gasteiger partial charge < -0.3 is 5.32 Å². The van der Waals surface area contributed by atoms with Crippen molar-refractivity contribution in [2.24, 2.45) is 0 Å². The Hall–Kier alpha value is -1.94. The highest BCUT2D eigenvalue weighted by Gasteiger charge is 2.12. The molecular formula is C14H14ClN3O. The lowest BCUT2D eigenvalue weighted by Gasteiger charge is -2.13. The summed E-state index contributed by atoms with van der Waals surface area (Å²) >= 11 is 5.64. The molecule has 0 spiro atoms. The number of carbonyl (C=O) groups excluding carboxylic acids is 1. The van der Waals surface area contributed by atoms with Crippen molar-refractivity contribution in [2.45, 2.75) is 19.8 Å². The number of hydrogen-bond donors (Lipinski definition) is 1. The average molecular weight is 276 g/mol. The molecule has 1 aromatic carbocycles. The molecule has 1 aromatic heterocycles. The highest BCUT2D eigenvalue weighted by molar-refractivity contribution is 6.29. The third-order valence-corrected chi connectivity index (χ3v) is 2.90. The Labute approximate surface area is 116 Å². The molecule has 2 aromatic rings. The van der Waals surface area contributed by atoms with Crippen molar-refractivity contribution in [1.29, 1.82) is 0 Å². The fraction of sp³-hybridized carbons (Fsp3) is 0.214. The number of halogens is 1. The van der Waals surface area contributed by atoms with Crippen LogP contribution in [0.3, 0.4) is 0 Å². The number of nitrogens with one attached hydrogen (secondary N) is 1. The van der Waals surface area contributed by atoms with Gasteiger partial charge in [-0.25, -0.2) is 0 Å². The van der Waals surface area contributed by atoms with Crippen LogP contribution in [0.15, 0.2) is 36.4 Å². The minimum absolute atomic E-state index is 0.239. The Balaban J connectivity index is 2.22. The molecule has 5 heteroatoms. The molecule has 0 fully saturated rings. The highest BCUT2D eigenvalue weighted by atomic mass is 35.5. The molecule has 2 rings (SSSR count). The molecule has 0 aliphatic rings.